The lowest BCUT2D eigenvalue weighted by atomic mass is 9.76. The first-order valence-electron chi connectivity index (χ1n) is 6.80. The number of hydrogen-bond donors (Lipinski definition) is 2. The van der Waals surface area contributed by atoms with E-state index in [9.17, 15) is 19.8 Å². The number of phenolic OH excluding ortho intramolecular Hbond substituents is 1. The van der Waals surface area contributed by atoms with Gasteiger partial charge >= 0.3 is 5.97 Å². The van der Waals surface area contributed by atoms with Gasteiger partial charge in [-0.25, -0.2) is 0 Å². The van der Waals surface area contributed by atoms with Gasteiger partial charge in [-0.15, -0.1) is 0 Å². The number of aromatic hydroxyl groups is 1. The Hall–Kier alpha value is -2.04. The summed E-state index contributed by atoms with van der Waals surface area (Å²) >= 11 is 0. The molecule has 5 heteroatoms. The first kappa shape index (κ1) is 14.4. The Labute approximate surface area is 117 Å². The summed E-state index contributed by atoms with van der Waals surface area (Å²) in [5, 5.41) is 18.7. The summed E-state index contributed by atoms with van der Waals surface area (Å²) in [6.45, 7) is 2.75. The van der Waals surface area contributed by atoms with Gasteiger partial charge in [0.05, 0.1) is 5.41 Å². The largest absolute Gasteiger partial charge is 0.508 e. The van der Waals surface area contributed by atoms with Crippen molar-refractivity contribution in [1.82, 2.24) is 4.90 Å². The standard InChI is InChI=1S/C15H19NO4/c1-2-15(14(19)20)6-8-16(9-7-15)13(18)11-4-3-5-12(17)10-11/h3-5,10,17H,2,6-9H2,1H3,(H,19,20). The van der Waals surface area contributed by atoms with E-state index in [2.05, 4.69) is 0 Å². The number of amides is 1. The molecule has 1 saturated heterocycles. The van der Waals surface area contributed by atoms with E-state index in [0.717, 1.165) is 0 Å². The number of carbonyl (C=O) groups excluding carboxylic acids is 1. The minimum Gasteiger partial charge on any atom is -0.508 e. The monoisotopic (exact) mass is 277 g/mol. The van der Waals surface area contributed by atoms with Crippen LogP contribution in [0.25, 0.3) is 0 Å². The number of hydrogen-bond acceptors (Lipinski definition) is 3. The Kier molecular flexibility index (Phi) is 3.97. The van der Waals surface area contributed by atoms with Gasteiger partial charge in [-0.05, 0) is 37.5 Å². The third-order valence-corrected chi connectivity index (χ3v) is 4.23. The average molecular weight is 277 g/mol. The van der Waals surface area contributed by atoms with E-state index < -0.39 is 11.4 Å². The molecule has 1 aromatic rings. The number of rotatable bonds is 3. The molecule has 0 aromatic heterocycles. The van der Waals surface area contributed by atoms with Gasteiger partial charge in [0, 0.05) is 18.7 Å². The number of phenols is 1. The Morgan fingerprint density at radius 1 is 1.30 bits per heavy atom. The van der Waals surface area contributed by atoms with Crippen molar-refractivity contribution in [2.45, 2.75) is 26.2 Å². The van der Waals surface area contributed by atoms with E-state index in [1.54, 1.807) is 17.0 Å². The zero-order valence-corrected chi connectivity index (χ0v) is 11.5. The highest BCUT2D eigenvalue weighted by molar-refractivity contribution is 5.94. The van der Waals surface area contributed by atoms with Gasteiger partial charge in [0.15, 0.2) is 0 Å². The minimum atomic E-state index is -0.774. The maximum Gasteiger partial charge on any atom is 0.309 e. The summed E-state index contributed by atoms with van der Waals surface area (Å²) in [5.41, 5.74) is -0.264. The van der Waals surface area contributed by atoms with Gasteiger partial charge in [-0.2, -0.15) is 0 Å². The Morgan fingerprint density at radius 2 is 1.95 bits per heavy atom. The van der Waals surface area contributed by atoms with E-state index in [1.807, 2.05) is 6.92 Å². The summed E-state index contributed by atoms with van der Waals surface area (Å²) in [5.74, 6) is -0.873. The average Bonchev–Trinajstić information content (AvgIpc) is 2.46. The quantitative estimate of drug-likeness (QED) is 0.887. The molecule has 1 fully saturated rings. The molecule has 20 heavy (non-hydrogen) atoms. The number of likely N-dealkylation sites (tertiary alicyclic amines) is 1. The van der Waals surface area contributed by atoms with Crippen LogP contribution in [0.2, 0.25) is 0 Å². The first-order valence-corrected chi connectivity index (χ1v) is 6.80. The second-order valence-electron chi connectivity index (χ2n) is 5.28. The van der Waals surface area contributed by atoms with Crippen LogP contribution in [0.15, 0.2) is 24.3 Å². The SMILES string of the molecule is CCC1(C(=O)O)CCN(C(=O)c2cccc(O)c2)CC1. The maximum atomic E-state index is 12.3. The maximum absolute atomic E-state index is 12.3. The second-order valence-corrected chi connectivity index (χ2v) is 5.28. The third-order valence-electron chi connectivity index (χ3n) is 4.23. The van der Waals surface area contributed by atoms with Crippen molar-refractivity contribution in [3.8, 4) is 5.75 Å². The molecule has 0 saturated carbocycles. The lowest BCUT2D eigenvalue weighted by Gasteiger charge is -2.38. The molecule has 0 radical (unpaired) electrons. The van der Waals surface area contributed by atoms with Gasteiger partial charge in [0.25, 0.3) is 5.91 Å². The zero-order chi connectivity index (χ0) is 14.8. The smallest absolute Gasteiger partial charge is 0.309 e. The van der Waals surface area contributed by atoms with Crippen molar-refractivity contribution in [3.05, 3.63) is 29.8 Å². The highest BCUT2D eigenvalue weighted by Gasteiger charge is 2.40. The number of carboxylic acids is 1. The van der Waals surface area contributed by atoms with Crippen molar-refractivity contribution < 1.29 is 19.8 Å². The summed E-state index contributed by atoms with van der Waals surface area (Å²) in [7, 11) is 0. The topological polar surface area (TPSA) is 77.8 Å². The molecule has 0 aliphatic carbocycles. The van der Waals surface area contributed by atoms with Crippen LogP contribution in [-0.2, 0) is 4.79 Å². The van der Waals surface area contributed by atoms with Crippen molar-refractivity contribution in [1.29, 1.82) is 0 Å². The molecule has 0 bridgehead atoms. The fraction of sp³-hybridized carbons (Fsp3) is 0.467. The van der Waals surface area contributed by atoms with E-state index in [4.69, 9.17) is 0 Å². The van der Waals surface area contributed by atoms with E-state index in [0.29, 0.717) is 37.9 Å². The molecule has 1 aliphatic rings. The molecule has 0 spiro atoms. The summed E-state index contributed by atoms with van der Waals surface area (Å²) in [6.07, 6.45) is 1.53. The number of benzene rings is 1. The van der Waals surface area contributed by atoms with Crippen LogP contribution in [0.3, 0.4) is 0 Å². The normalized spacial score (nSPS) is 17.8. The zero-order valence-electron chi connectivity index (χ0n) is 11.5. The molecule has 5 nitrogen and oxygen atoms in total. The summed E-state index contributed by atoms with van der Waals surface area (Å²) in [6, 6.07) is 6.22. The molecule has 108 valence electrons. The predicted molar refractivity (Wildman–Crippen MR) is 73.6 cm³/mol. The predicted octanol–water partition coefficient (Wildman–Crippen LogP) is 2.11. The number of carbonyl (C=O) groups is 2. The van der Waals surface area contributed by atoms with Crippen LogP contribution < -0.4 is 0 Å². The Bertz CT molecular complexity index is 518. The molecule has 0 unspecified atom stereocenters. The molecule has 0 atom stereocenters. The van der Waals surface area contributed by atoms with Crippen LogP contribution in [0.4, 0.5) is 0 Å². The summed E-state index contributed by atoms with van der Waals surface area (Å²) < 4.78 is 0. The van der Waals surface area contributed by atoms with Crippen LogP contribution in [0.1, 0.15) is 36.5 Å². The molecule has 1 aromatic carbocycles. The lowest BCUT2D eigenvalue weighted by molar-refractivity contribution is -0.152. The number of carboxylic acid groups (broad SMARTS) is 1. The van der Waals surface area contributed by atoms with Gasteiger partial charge in [-0.3, -0.25) is 9.59 Å². The van der Waals surface area contributed by atoms with Gasteiger partial charge in [-0.1, -0.05) is 13.0 Å². The van der Waals surface area contributed by atoms with E-state index in [-0.39, 0.29) is 11.7 Å². The Morgan fingerprint density at radius 3 is 2.45 bits per heavy atom. The second kappa shape index (κ2) is 5.53. The number of nitrogens with zero attached hydrogens (tertiary/aromatic N) is 1. The van der Waals surface area contributed by atoms with Crippen molar-refractivity contribution in [2.75, 3.05) is 13.1 Å². The Balaban J connectivity index is 2.07. The van der Waals surface area contributed by atoms with Crippen LogP contribution >= 0.6 is 0 Å². The highest BCUT2D eigenvalue weighted by atomic mass is 16.4. The van der Waals surface area contributed by atoms with E-state index >= 15 is 0 Å². The molecule has 2 N–H and O–H groups in total. The highest BCUT2D eigenvalue weighted by Crippen LogP contribution is 2.35. The molecular formula is C15H19NO4. The molecule has 1 aliphatic heterocycles. The van der Waals surface area contributed by atoms with Crippen molar-refractivity contribution >= 4 is 11.9 Å². The summed E-state index contributed by atoms with van der Waals surface area (Å²) in [4.78, 5) is 25.3. The van der Waals surface area contributed by atoms with Crippen LogP contribution in [0.5, 0.6) is 5.75 Å². The van der Waals surface area contributed by atoms with Gasteiger partial charge in [0.1, 0.15) is 5.75 Å². The number of aliphatic carboxylic acids is 1. The van der Waals surface area contributed by atoms with Gasteiger partial charge < -0.3 is 15.1 Å². The fourth-order valence-corrected chi connectivity index (χ4v) is 2.68. The molecule has 1 amide bonds. The molecular weight excluding hydrogens is 258 g/mol. The van der Waals surface area contributed by atoms with Crippen LogP contribution in [0, 0.1) is 5.41 Å². The molecule has 2 rings (SSSR count). The van der Waals surface area contributed by atoms with Crippen molar-refractivity contribution in [2.24, 2.45) is 5.41 Å². The van der Waals surface area contributed by atoms with Gasteiger partial charge in [0.2, 0.25) is 0 Å². The third kappa shape index (κ3) is 2.61. The van der Waals surface area contributed by atoms with Crippen LogP contribution in [-0.4, -0.2) is 40.1 Å². The van der Waals surface area contributed by atoms with Crippen molar-refractivity contribution in [3.63, 3.8) is 0 Å². The fourth-order valence-electron chi connectivity index (χ4n) is 2.68. The van der Waals surface area contributed by atoms with E-state index in [1.165, 1.54) is 12.1 Å². The minimum absolute atomic E-state index is 0.0568. The lowest BCUT2D eigenvalue weighted by Crippen LogP contribution is -2.46. The number of piperidine rings is 1. The first-order chi connectivity index (χ1) is 9.48. The molecule has 1 heterocycles.